The van der Waals surface area contributed by atoms with E-state index in [2.05, 4.69) is 39.9 Å². The van der Waals surface area contributed by atoms with E-state index >= 15 is 0 Å². The molecular formula is C18H20N3+. The quantitative estimate of drug-likeness (QED) is 0.842. The Bertz CT molecular complexity index is 760. The lowest BCUT2D eigenvalue weighted by molar-refractivity contribution is -0.535. The minimum absolute atomic E-state index is 0.547. The molecule has 106 valence electrons. The number of nitrogens with zero attached hydrogens (tertiary/aromatic N) is 2. The minimum Gasteiger partial charge on any atom is -0.350 e. The standard InChI is InChI=1S/C18H19N3/c19-10-3-5-13-6-4-11-21-12-9-15-14-7-1-2-8-16(14)20-17(15)18(13)21/h1-2,7-8,13H,3-6,9,11-12H2/p+1. The predicted molar refractivity (Wildman–Crippen MR) is 83.7 cm³/mol. The zero-order chi connectivity index (χ0) is 14.2. The van der Waals surface area contributed by atoms with Gasteiger partial charge in [0.15, 0.2) is 0 Å². The van der Waals surface area contributed by atoms with Gasteiger partial charge in [0, 0.05) is 36.1 Å². The smallest absolute Gasteiger partial charge is 0.203 e. The monoisotopic (exact) mass is 278 g/mol. The van der Waals surface area contributed by atoms with E-state index in [1.54, 1.807) is 0 Å². The molecule has 1 aromatic carbocycles. The van der Waals surface area contributed by atoms with Gasteiger partial charge in [0.1, 0.15) is 18.8 Å². The van der Waals surface area contributed by atoms with Crippen LogP contribution in [-0.2, 0) is 6.42 Å². The van der Waals surface area contributed by atoms with Crippen molar-refractivity contribution in [1.29, 1.82) is 5.26 Å². The second kappa shape index (κ2) is 5.04. The number of hydrogen-bond donors (Lipinski definition) is 1. The third kappa shape index (κ3) is 1.98. The summed E-state index contributed by atoms with van der Waals surface area (Å²) in [5, 5.41) is 10.3. The fourth-order valence-corrected chi connectivity index (χ4v) is 4.08. The fourth-order valence-electron chi connectivity index (χ4n) is 4.08. The summed E-state index contributed by atoms with van der Waals surface area (Å²) >= 11 is 0. The molecule has 3 heterocycles. The molecule has 0 amide bonds. The minimum atomic E-state index is 0.547. The Morgan fingerprint density at radius 3 is 3.10 bits per heavy atom. The van der Waals surface area contributed by atoms with Crippen molar-refractivity contribution in [2.45, 2.75) is 32.1 Å². The van der Waals surface area contributed by atoms with Crippen LogP contribution in [0.4, 0.5) is 0 Å². The van der Waals surface area contributed by atoms with Crippen molar-refractivity contribution in [3.63, 3.8) is 0 Å². The maximum absolute atomic E-state index is 8.92. The highest BCUT2D eigenvalue weighted by atomic mass is 15.0. The summed E-state index contributed by atoms with van der Waals surface area (Å²) in [6.45, 7) is 2.31. The number of rotatable bonds is 2. The number of para-hydroxylation sites is 1. The van der Waals surface area contributed by atoms with E-state index in [1.807, 2.05) is 0 Å². The molecule has 0 spiro atoms. The summed E-state index contributed by atoms with van der Waals surface area (Å²) in [4.78, 5) is 3.66. The van der Waals surface area contributed by atoms with E-state index in [9.17, 15) is 0 Å². The number of benzene rings is 1. The Morgan fingerprint density at radius 1 is 1.29 bits per heavy atom. The molecule has 0 bridgehead atoms. The van der Waals surface area contributed by atoms with Crippen LogP contribution in [0.1, 0.15) is 36.9 Å². The van der Waals surface area contributed by atoms with Gasteiger partial charge in [-0.15, -0.1) is 0 Å². The molecule has 0 saturated carbocycles. The molecule has 0 fully saturated rings. The molecule has 1 unspecified atom stereocenters. The first-order valence-corrected chi connectivity index (χ1v) is 7.97. The van der Waals surface area contributed by atoms with Gasteiger partial charge in [-0.3, -0.25) is 0 Å². The van der Waals surface area contributed by atoms with Crippen LogP contribution in [0.15, 0.2) is 24.3 Å². The van der Waals surface area contributed by atoms with Crippen LogP contribution in [-0.4, -0.2) is 28.4 Å². The third-order valence-electron chi connectivity index (χ3n) is 5.01. The molecule has 1 atom stereocenters. The SMILES string of the molecule is N#CCCC1CCC[N+]2=C1c1[nH]c3ccccc3c1CC2. The van der Waals surface area contributed by atoms with Crippen LogP contribution in [0.2, 0.25) is 0 Å². The zero-order valence-electron chi connectivity index (χ0n) is 12.2. The lowest BCUT2D eigenvalue weighted by atomic mass is 9.84. The highest BCUT2D eigenvalue weighted by molar-refractivity contribution is 6.04. The van der Waals surface area contributed by atoms with Gasteiger partial charge in [0.25, 0.3) is 0 Å². The normalized spacial score (nSPS) is 21.0. The average Bonchev–Trinajstić information content (AvgIpc) is 2.91. The van der Waals surface area contributed by atoms with Crippen LogP contribution in [0.25, 0.3) is 10.9 Å². The van der Waals surface area contributed by atoms with Crippen molar-refractivity contribution >= 4 is 16.6 Å². The van der Waals surface area contributed by atoms with Gasteiger partial charge in [0.05, 0.1) is 6.07 Å². The first kappa shape index (κ1) is 12.6. The Kier molecular flexibility index (Phi) is 3.03. The second-order valence-electron chi connectivity index (χ2n) is 6.18. The number of hydrogen-bond acceptors (Lipinski definition) is 1. The molecule has 21 heavy (non-hydrogen) atoms. The van der Waals surface area contributed by atoms with E-state index in [1.165, 1.54) is 47.3 Å². The van der Waals surface area contributed by atoms with Crippen molar-refractivity contribution in [1.82, 2.24) is 4.98 Å². The van der Waals surface area contributed by atoms with Gasteiger partial charge in [-0.2, -0.15) is 5.26 Å². The maximum atomic E-state index is 8.92. The molecule has 3 heteroatoms. The highest BCUT2D eigenvalue weighted by Crippen LogP contribution is 2.32. The van der Waals surface area contributed by atoms with Gasteiger partial charge in [-0.05, 0) is 24.5 Å². The molecular weight excluding hydrogens is 258 g/mol. The van der Waals surface area contributed by atoms with Gasteiger partial charge in [0.2, 0.25) is 5.71 Å². The van der Waals surface area contributed by atoms with E-state index in [4.69, 9.17) is 5.26 Å². The van der Waals surface area contributed by atoms with Crippen LogP contribution in [0.3, 0.4) is 0 Å². The van der Waals surface area contributed by atoms with E-state index in [0.29, 0.717) is 12.3 Å². The van der Waals surface area contributed by atoms with E-state index in [-0.39, 0.29) is 0 Å². The molecule has 0 aliphatic carbocycles. The molecule has 1 aromatic heterocycles. The summed E-state index contributed by atoms with van der Waals surface area (Å²) in [5.74, 6) is 0.547. The second-order valence-corrected chi connectivity index (χ2v) is 6.18. The summed E-state index contributed by atoms with van der Waals surface area (Å²) < 4.78 is 2.56. The van der Waals surface area contributed by atoms with Gasteiger partial charge in [-0.1, -0.05) is 18.2 Å². The molecule has 4 rings (SSSR count). The molecule has 2 aromatic rings. The Hall–Kier alpha value is -2.08. The van der Waals surface area contributed by atoms with Gasteiger partial charge in [-0.25, -0.2) is 4.58 Å². The largest absolute Gasteiger partial charge is 0.350 e. The topological polar surface area (TPSA) is 42.6 Å². The molecule has 3 nitrogen and oxygen atoms in total. The van der Waals surface area contributed by atoms with Crippen LogP contribution >= 0.6 is 0 Å². The molecule has 0 radical (unpaired) electrons. The molecule has 1 N–H and O–H groups in total. The number of H-pyrrole nitrogens is 1. The first-order chi connectivity index (χ1) is 10.4. The number of fused-ring (bicyclic) bond motifs is 4. The molecule has 0 saturated heterocycles. The number of aromatic nitrogens is 1. The lowest BCUT2D eigenvalue weighted by Gasteiger charge is -2.26. The molecule has 2 aliphatic rings. The van der Waals surface area contributed by atoms with Crippen LogP contribution in [0, 0.1) is 17.2 Å². The van der Waals surface area contributed by atoms with Crippen molar-refractivity contribution in [2.75, 3.05) is 13.1 Å². The Balaban J connectivity index is 1.85. The van der Waals surface area contributed by atoms with Crippen molar-refractivity contribution < 1.29 is 4.58 Å². The summed E-state index contributed by atoms with van der Waals surface area (Å²) in [7, 11) is 0. The number of nitriles is 1. The summed E-state index contributed by atoms with van der Waals surface area (Å²) in [5.41, 5.74) is 5.57. The Morgan fingerprint density at radius 2 is 2.19 bits per heavy atom. The van der Waals surface area contributed by atoms with E-state index < -0.39 is 0 Å². The maximum Gasteiger partial charge on any atom is 0.203 e. The highest BCUT2D eigenvalue weighted by Gasteiger charge is 2.36. The summed E-state index contributed by atoms with van der Waals surface area (Å²) in [6, 6.07) is 10.9. The predicted octanol–water partition coefficient (Wildman–Crippen LogP) is 3.24. The number of aromatic amines is 1. The van der Waals surface area contributed by atoms with Gasteiger partial charge < -0.3 is 4.98 Å². The fraction of sp³-hybridized carbons (Fsp3) is 0.444. The van der Waals surface area contributed by atoms with Crippen molar-refractivity contribution in [3.8, 4) is 6.07 Å². The van der Waals surface area contributed by atoms with Crippen molar-refractivity contribution in [2.24, 2.45) is 5.92 Å². The van der Waals surface area contributed by atoms with Crippen LogP contribution in [0.5, 0.6) is 0 Å². The van der Waals surface area contributed by atoms with E-state index in [0.717, 1.165) is 19.4 Å². The average molecular weight is 278 g/mol. The lowest BCUT2D eigenvalue weighted by Crippen LogP contribution is -2.39. The molecule has 2 aliphatic heterocycles. The summed E-state index contributed by atoms with van der Waals surface area (Å²) in [6.07, 6.45) is 5.28. The Labute approximate surface area is 124 Å². The number of nitrogens with one attached hydrogen (secondary N) is 1. The first-order valence-electron chi connectivity index (χ1n) is 7.97. The van der Waals surface area contributed by atoms with Crippen LogP contribution < -0.4 is 0 Å². The third-order valence-corrected chi connectivity index (χ3v) is 5.01. The zero-order valence-corrected chi connectivity index (χ0v) is 12.2. The van der Waals surface area contributed by atoms with Crippen molar-refractivity contribution in [3.05, 3.63) is 35.5 Å². The van der Waals surface area contributed by atoms with Gasteiger partial charge >= 0.3 is 0 Å².